The Labute approximate surface area is 141 Å². The smallest absolute Gasteiger partial charge is 0.123 e. The fourth-order valence-electron chi connectivity index (χ4n) is 3.21. The number of hydrogen-bond donors (Lipinski definition) is 1. The second-order valence-corrected chi connectivity index (χ2v) is 6.29. The molecular weight excluding hydrogens is 301 g/mol. The van der Waals surface area contributed by atoms with E-state index in [0.29, 0.717) is 6.54 Å². The molecule has 0 bridgehead atoms. The van der Waals surface area contributed by atoms with E-state index in [0.717, 1.165) is 17.0 Å². The minimum atomic E-state index is -0.245. The molecule has 0 amide bonds. The summed E-state index contributed by atoms with van der Waals surface area (Å²) < 4.78 is 15.0. The molecule has 3 aromatic rings. The van der Waals surface area contributed by atoms with Crippen LogP contribution < -0.4 is 5.73 Å². The zero-order valence-corrected chi connectivity index (χ0v) is 14.3. The molecule has 1 unspecified atom stereocenters. The van der Waals surface area contributed by atoms with Gasteiger partial charge >= 0.3 is 0 Å². The molecule has 0 aliphatic rings. The molecule has 3 nitrogen and oxygen atoms in total. The average Bonchev–Trinajstić information content (AvgIpc) is 2.90. The number of nitrogens with two attached hydrogens (primary N) is 1. The summed E-state index contributed by atoms with van der Waals surface area (Å²) in [7, 11) is 1.92. The minimum absolute atomic E-state index is 0.0790. The van der Waals surface area contributed by atoms with Crippen molar-refractivity contribution in [2.24, 2.45) is 12.8 Å². The van der Waals surface area contributed by atoms with Crippen molar-refractivity contribution in [2.75, 3.05) is 6.54 Å². The highest BCUT2D eigenvalue weighted by atomic mass is 19.1. The van der Waals surface area contributed by atoms with Crippen molar-refractivity contribution in [1.29, 1.82) is 0 Å². The Morgan fingerprint density at radius 2 is 1.67 bits per heavy atom. The zero-order chi connectivity index (χ0) is 17.3. The van der Waals surface area contributed by atoms with Gasteiger partial charge in [0.05, 0.1) is 5.69 Å². The molecule has 0 radical (unpaired) electrons. The van der Waals surface area contributed by atoms with E-state index < -0.39 is 0 Å². The third-order valence-corrected chi connectivity index (χ3v) is 4.30. The van der Waals surface area contributed by atoms with Crippen LogP contribution in [0.1, 0.15) is 28.3 Å². The van der Waals surface area contributed by atoms with Gasteiger partial charge in [0.2, 0.25) is 0 Å². The molecule has 1 heterocycles. The number of aryl methyl sites for hydroxylation is 3. The van der Waals surface area contributed by atoms with Gasteiger partial charge in [-0.1, -0.05) is 29.3 Å². The average molecular weight is 323 g/mol. The van der Waals surface area contributed by atoms with E-state index >= 15 is 0 Å². The highest BCUT2D eigenvalue weighted by Crippen LogP contribution is 2.28. The van der Waals surface area contributed by atoms with E-state index in [1.165, 1.54) is 28.8 Å². The van der Waals surface area contributed by atoms with E-state index in [1.807, 2.05) is 17.8 Å². The summed E-state index contributed by atoms with van der Waals surface area (Å²) in [5.41, 5.74) is 12.5. The van der Waals surface area contributed by atoms with Gasteiger partial charge in [-0.3, -0.25) is 4.68 Å². The fourth-order valence-corrected chi connectivity index (χ4v) is 3.21. The first-order valence-electron chi connectivity index (χ1n) is 8.06. The Hall–Kier alpha value is -2.46. The van der Waals surface area contributed by atoms with Crippen molar-refractivity contribution in [3.05, 3.63) is 76.7 Å². The van der Waals surface area contributed by atoms with Crippen molar-refractivity contribution < 1.29 is 4.39 Å². The summed E-state index contributed by atoms with van der Waals surface area (Å²) in [4.78, 5) is 0. The van der Waals surface area contributed by atoms with Gasteiger partial charge in [0.15, 0.2) is 0 Å². The molecule has 24 heavy (non-hydrogen) atoms. The monoisotopic (exact) mass is 323 g/mol. The van der Waals surface area contributed by atoms with Crippen LogP contribution in [-0.4, -0.2) is 16.3 Å². The van der Waals surface area contributed by atoms with Crippen molar-refractivity contribution in [1.82, 2.24) is 9.78 Å². The predicted octanol–water partition coefficient (Wildman–Crippen LogP) is 3.93. The van der Waals surface area contributed by atoms with E-state index in [1.54, 1.807) is 12.1 Å². The third kappa shape index (κ3) is 3.24. The molecule has 3 rings (SSSR count). The van der Waals surface area contributed by atoms with Gasteiger partial charge < -0.3 is 5.73 Å². The molecule has 0 aliphatic carbocycles. The molecule has 4 heteroatoms. The second kappa shape index (κ2) is 6.57. The standard InChI is InChI=1S/C20H22FN3/c1-13-8-14(2)10-16(9-13)18(12-22)20-11-19(23-24(20)3)15-4-6-17(21)7-5-15/h4-11,18H,12,22H2,1-3H3. The van der Waals surface area contributed by atoms with E-state index in [9.17, 15) is 4.39 Å². The largest absolute Gasteiger partial charge is 0.329 e. The molecule has 0 spiro atoms. The van der Waals surface area contributed by atoms with Crippen LogP contribution in [0.25, 0.3) is 11.3 Å². The van der Waals surface area contributed by atoms with E-state index in [2.05, 4.69) is 37.1 Å². The minimum Gasteiger partial charge on any atom is -0.329 e. The van der Waals surface area contributed by atoms with Crippen molar-refractivity contribution in [3.8, 4) is 11.3 Å². The van der Waals surface area contributed by atoms with Crippen LogP contribution in [0, 0.1) is 19.7 Å². The normalized spacial score (nSPS) is 12.4. The molecule has 1 aromatic heterocycles. The lowest BCUT2D eigenvalue weighted by Gasteiger charge is -2.17. The van der Waals surface area contributed by atoms with Crippen molar-refractivity contribution >= 4 is 0 Å². The quantitative estimate of drug-likeness (QED) is 0.790. The molecule has 124 valence electrons. The van der Waals surface area contributed by atoms with Gasteiger partial charge in [-0.25, -0.2) is 4.39 Å². The summed E-state index contributed by atoms with van der Waals surface area (Å²) in [6, 6.07) is 14.9. The summed E-state index contributed by atoms with van der Waals surface area (Å²) in [6.45, 7) is 4.69. The van der Waals surface area contributed by atoms with Crippen LogP contribution in [0.2, 0.25) is 0 Å². The van der Waals surface area contributed by atoms with Crippen LogP contribution in [-0.2, 0) is 7.05 Å². The van der Waals surface area contributed by atoms with Gasteiger partial charge in [0, 0.05) is 30.8 Å². The second-order valence-electron chi connectivity index (χ2n) is 6.29. The zero-order valence-electron chi connectivity index (χ0n) is 14.3. The van der Waals surface area contributed by atoms with Crippen LogP contribution >= 0.6 is 0 Å². The Morgan fingerprint density at radius 3 is 2.25 bits per heavy atom. The van der Waals surface area contributed by atoms with Crippen LogP contribution in [0.15, 0.2) is 48.5 Å². The summed E-state index contributed by atoms with van der Waals surface area (Å²) in [6.07, 6.45) is 0. The maximum atomic E-state index is 13.1. The number of halogens is 1. The molecule has 0 saturated carbocycles. The first-order valence-corrected chi connectivity index (χ1v) is 8.06. The maximum absolute atomic E-state index is 13.1. The molecule has 1 atom stereocenters. The van der Waals surface area contributed by atoms with Crippen molar-refractivity contribution in [2.45, 2.75) is 19.8 Å². The number of rotatable bonds is 4. The van der Waals surface area contributed by atoms with Crippen LogP contribution in [0.3, 0.4) is 0 Å². The van der Waals surface area contributed by atoms with Crippen molar-refractivity contribution in [3.63, 3.8) is 0 Å². The van der Waals surface area contributed by atoms with Gasteiger partial charge in [-0.05, 0) is 49.7 Å². The molecule has 2 aromatic carbocycles. The molecule has 2 N–H and O–H groups in total. The first-order chi connectivity index (χ1) is 11.5. The van der Waals surface area contributed by atoms with Crippen LogP contribution in [0.4, 0.5) is 4.39 Å². The highest BCUT2D eigenvalue weighted by molar-refractivity contribution is 5.60. The topological polar surface area (TPSA) is 43.8 Å². The maximum Gasteiger partial charge on any atom is 0.123 e. The van der Waals surface area contributed by atoms with Gasteiger partial charge in [0.25, 0.3) is 0 Å². The lowest BCUT2D eigenvalue weighted by molar-refractivity contribution is 0.628. The SMILES string of the molecule is Cc1cc(C)cc(C(CN)c2cc(-c3ccc(F)cc3)nn2C)c1. The fraction of sp³-hybridized carbons (Fsp3) is 0.250. The third-order valence-electron chi connectivity index (χ3n) is 4.30. The molecule has 0 fully saturated rings. The molecular formula is C20H22FN3. The van der Waals surface area contributed by atoms with Gasteiger partial charge in [0.1, 0.15) is 5.82 Å². The lowest BCUT2D eigenvalue weighted by atomic mass is 9.92. The number of hydrogen-bond acceptors (Lipinski definition) is 2. The highest BCUT2D eigenvalue weighted by Gasteiger charge is 2.19. The Morgan fingerprint density at radius 1 is 1.04 bits per heavy atom. The summed E-state index contributed by atoms with van der Waals surface area (Å²) in [5, 5.41) is 4.59. The Kier molecular flexibility index (Phi) is 4.49. The summed E-state index contributed by atoms with van der Waals surface area (Å²) >= 11 is 0. The Bertz CT molecular complexity index is 830. The predicted molar refractivity (Wildman–Crippen MR) is 95.4 cm³/mol. The van der Waals surface area contributed by atoms with Gasteiger partial charge in [-0.2, -0.15) is 5.10 Å². The molecule has 0 saturated heterocycles. The molecule has 0 aliphatic heterocycles. The number of aromatic nitrogens is 2. The lowest BCUT2D eigenvalue weighted by Crippen LogP contribution is -2.17. The van der Waals surface area contributed by atoms with Gasteiger partial charge in [-0.15, -0.1) is 0 Å². The van der Waals surface area contributed by atoms with E-state index in [-0.39, 0.29) is 11.7 Å². The van der Waals surface area contributed by atoms with Crippen LogP contribution in [0.5, 0.6) is 0 Å². The summed E-state index contributed by atoms with van der Waals surface area (Å²) in [5.74, 6) is -0.166. The van der Waals surface area contributed by atoms with E-state index in [4.69, 9.17) is 5.73 Å². The first kappa shape index (κ1) is 16.4. The number of nitrogens with zero attached hydrogens (tertiary/aromatic N) is 2. The Balaban J connectivity index is 2.02. The number of benzene rings is 2.